The van der Waals surface area contributed by atoms with Crippen LogP contribution in [0.1, 0.15) is 6.92 Å². The number of carbonyl (C=O) groups is 1. The fraction of sp³-hybridized carbons (Fsp3) is 0.133. The van der Waals surface area contributed by atoms with E-state index < -0.39 is 22.8 Å². The van der Waals surface area contributed by atoms with E-state index in [0.29, 0.717) is 10.8 Å². The van der Waals surface area contributed by atoms with Crippen molar-refractivity contribution in [1.82, 2.24) is 14.6 Å². The summed E-state index contributed by atoms with van der Waals surface area (Å²) < 4.78 is 28.4. The summed E-state index contributed by atoms with van der Waals surface area (Å²) in [6.07, 6.45) is 1.79. The third-order valence-electron chi connectivity index (χ3n) is 3.12. The molecule has 0 unspecified atom stereocenters. The number of pyridine rings is 1. The van der Waals surface area contributed by atoms with Crippen LogP contribution in [0, 0.1) is 11.6 Å². The second-order valence-corrected chi connectivity index (χ2v) is 6.09. The highest BCUT2D eigenvalue weighted by Crippen LogP contribution is 2.24. The average Bonchev–Trinajstić information content (AvgIpc) is 2.94. The van der Waals surface area contributed by atoms with Gasteiger partial charge in [0.15, 0.2) is 10.8 Å². The van der Waals surface area contributed by atoms with E-state index in [1.54, 1.807) is 23.6 Å². The molecule has 0 bridgehead atoms. The quantitative estimate of drug-likeness (QED) is 0.745. The maximum absolute atomic E-state index is 13.6. The number of aromatic nitrogens is 3. The van der Waals surface area contributed by atoms with Crippen LogP contribution in [0.2, 0.25) is 0 Å². The molecule has 1 N–H and O–H groups in total. The third-order valence-corrected chi connectivity index (χ3v) is 4.18. The molecule has 0 aliphatic rings. The van der Waals surface area contributed by atoms with Crippen molar-refractivity contribution in [3.63, 3.8) is 0 Å². The highest BCUT2D eigenvalue weighted by Gasteiger charge is 2.19. The summed E-state index contributed by atoms with van der Waals surface area (Å²) >= 11 is 1.18. The van der Waals surface area contributed by atoms with E-state index in [-0.39, 0.29) is 5.69 Å². The Kier molecular flexibility index (Phi) is 4.24. The van der Waals surface area contributed by atoms with Crippen LogP contribution in [0.15, 0.2) is 47.8 Å². The molecule has 1 aromatic carbocycles. The fourth-order valence-electron chi connectivity index (χ4n) is 1.94. The summed E-state index contributed by atoms with van der Waals surface area (Å²) in [6, 6.07) is 8.36. The molecule has 118 valence electrons. The molecule has 0 aliphatic heterocycles. The van der Waals surface area contributed by atoms with Gasteiger partial charge in [-0.25, -0.2) is 8.78 Å². The van der Waals surface area contributed by atoms with Crippen molar-refractivity contribution in [2.45, 2.75) is 17.3 Å². The number of carbonyl (C=O) groups excluding carboxylic acids is 1. The fourth-order valence-corrected chi connectivity index (χ4v) is 2.78. The Bertz CT molecular complexity index is 868. The minimum absolute atomic E-state index is 0.187. The molecule has 23 heavy (non-hydrogen) atoms. The van der Waals surface area contributed by atoms with Crippen molar-refractivity contribution in [3.05, 3.63) is 54.2 Å². The minimum atomic E-state index is -0.690. The molecule has 0 saturated carbocycles. The van der Waals surface area contributed by atoms with Crippen LogP contribution in [0.25, 0.3) is 5.65 Å². The highest BCUT2D eigenvalue weighted by molar-refractivity contribution is 8.00. The minimum Gasteiger partial charge on any atom is -0.323 e. The maximum atomic E-state index is 13.6. The molecule has 0 fully saturated rings. The molecule has 3 rings (SSSR count). The van der Waals surface area contributed by atoms with E-state index in [1.165, 1.54) is 11.8 Å². The topological polar surface area (TPSA) is 59.3 Å². The van der Waals surface area contributed by atoms with Gasteiger partial charge in [0.2, 0.25) is 5.91 Å². The zero-order valence-electron chi connectivity index (χ0n) is 12.0. The molecular weight excluding hydrogens is 322 g/mol. The van der Waals surface area contributed by atoms with Gasteiger partial charge in [-0.3, -0.25) is 9.20 Å². The first kappa shape index (κ1) is 15.4. The van der Waals surface area contributed by atoms with E-state index in [1.807, 2.05) is 12.1 Å². The molecule has 0 aliphatic carbocycles. The third kappa shape index (κ3) is 3.31. The number of hydrogen-bond acceptors (Lipinski definition) is 4. The number of hydrogen-bond donors (Lipinski definition) is 1. The number of thioether (sulfide) groups is 1. The summed E-state index contributed by atoms with van der Waals surface area (Å²) in [4.78, 5) is 12.2. The van der Waals surface area contributed by atoms with Gasteiger partial charge < -0.3 is 5.32 Å². The number of anilines is 1. The van der Waals surface area contributed by atoms with Gasteiger partial charge in [0.1, 0.15) is 11.6 Å². The predicted octanol–water partition coefficient (Wildman–Crippen LogP) is 3.13. The van der Waals surface area contributed by atoms with Crippen molar-refractivity contribution in [1.29, 1.82) is 0 Å². The Balaban J connectivity index is 1.74. The molecule has 3 aromatic rings. The van der Waals surface area contributed by atoms with E-state index in [2.05, 4.69) is 15.5 Å². The average molecular weight is 334 g/mol. The van der Waals surface area contributed by atoms with Gasteiger partial charge in [0.25, 0.3) is 0 Å². The largest absolute Gasteiger partial charge is 0.323 e. The lowest BCUT2D eigenvalue weighted by Crippen LogP contribution is -2.23. The molecule has 0 spiro atoms. The Hall–Kier alpha value is -2.48. The Morgan fingerprint density at radius 1 is 1.26 bits per heavy atom. The zero-order valence-corrected chi connectivity index (χ0v) is 12.8. The summed E-state index contributed by atoms with van der Waals surface area (Å²) in [5.41, 5.74) is 0.479. The Morgan fingerprint density at radius 2 is 2.09 bits per heavy atom. The van der Waals surface area contributed by atoms with Crippen molar-refractivity contribution >= 4 is 29.0 Å². The first-order chi connectivity index (χ1) is 11.0. The molecule has 0 saturated heterocycles. The van der Waals surface area contributed by atoms with Crippen LogP contribution in [-0.4, -0.2) is 25.8 Å². The SMILES string of the molecule is C[C@H](Sc1nnc2ccccn12)C(=O)Nc1cc(F)ccc1F. The van der Waals surface area contributed by atoms with Crippen molar-refractivity contribution in [2.24, 2.45) is 0 Å². The van der Waals surface area contributed by atoms with Gasteiger partial charge >= 0.3 is 0 Å². The highest BCUT2D eigenvalue weighted by atomic mass is 32.2. The number of nitrogens with zero attached hydrogens (tertiary/aromatic N) is 3. The van der Waals surface area contributed by atoms with Crippen LogP contribution in [0.3, 0.4) is 0 Å². The first-order valence-electron chi connectivity index (χ1n) is 6.77. The molecular formula is C15H12F2N4OS. The zero-order chi connectivity index (χ0) is 16.4. The van der Waals surface area contributed by atoms with Crippen molar-refractivity contribution in [2.75, 3.05) is 5.32 Å². The standard InChI is InChI=1S/C15H12F2N4OS/c1-9(14(22)18-12-8-10(16)5-6-11(12)17)23-15-20-19-13-4-2-3-7-21(13)15/h2-9H,1H3,(H,18,22)/t9-/m0/s1. The maximum Gasteiger partial charge on any atom is 0.237 e. The number of benzene rings is 1. The van der Waals surface area contributed by atoms with Crippen molar-refractivity contribution in [3.8, 4) is 0 Å². The molecule has 2 heterocycles. The van der Waals surface area contributed by atoms with E-state index in [4.69, 9.17) is 0 Å². The van der Waals surface area contributed by atoms with Crippen LogP contribution >= 0.6 is 11.8 Å². The second-order valence-electron chi connectivity index (χ2n) is 4.78. The first-order valence-corrected chi connectivity index (χ1v) is 7.65. The van der Waals surface area contributed by atoms with Crippen LogP contribution in [0.5, 0.6) is 0 Å². The molecule has 2 aromatic heterocycles. The lowest BCUT2D eigenvalue weighted by molar-refractivity contribution is -0.115. The summed E-state index contributed by atoms with van der Waals surface area (Å²) in [5, 5.41) is 10.4. The number of nitrogens with one attached hydrogen (secondary N) is 1. The van der Waals surface area contributed by atoms with Gasteiger partial charge in [0.05, 0.1) is 10.9 Å². The van der Waals surface area contributed by atoms with E-state index >= 15 is 0 Å². The summed E-state index contributed by atoms with van der Waals surface area (Å²) in [5.74, 6) is -1.76. The van der Waals surface area contributed by atoms with Crippen LogP contribution < -0.4 is 5.32 Å². The summed E-state index contributed by atoms with van der Waals surface area (Å²) in [7, 11) is 0. The molecule has 1 amide bonds. The van der Waals surface area contributed by atoms with Gasteiger partial charge in [-0.05, 0) is 31.2 Å². The smallest absolute Gasteiger partial charge is 0.237 e. The lowest BCUT2D eigenvalue weighted by Gasteiger charge is -2.11. The van der Waals surface area contributed by atoms with Crippen LogP contribution in [0.4, 0.5) is 14.5 Å². The number of amides is 1. The monoisotopic (exact) mass is 334 g/mol. The van der Waals surface area contributed by atoms with Gasteiger partial charge in [-0.2, -0.15) is 0 Å². The van der Waals surface area contributed by atoms with E-state index in [0.717, 1.165) is 18.2 Å². The number of halogens is 2. The normalized spacial score (nSPS) is 12.3. The van der Waals surface area contributed by atoms with Crippen LogP contribution in [-0.2, 0) is 4.79 Å². The van der Waals surface area contributed by atoms with E-state index in [9.17, 15) is 13.6 Å². The molecule has 0 radical (unpaired) electrons. The van der Waals surface area contributed by atoms with Gasteiger partial charge in [0, 0.05) is 12.3 Å². The lowest BCUT2D eigenvalue weighted by atomic mass is 10.3. The Labute approximate surface area is 134 Å². The molecule has 1 atom stereocenters. The molecule has 5 nitrogen and oxygen atoms in total. The predicted molar refractivity (Wildman–Crippen MR) is 83.3 cm³/mol. The van der Waals surface area contributed by atoms with Crippen molar-refractivity contribution < 1.29 is 13.6 Å². The number of fused-ring (bicyclic) bond motifs is 1. The Morgan fingerprint density at radius 3 is 2.91 bits per heavy atom. The summed E-state index contributed by atoms with van der Waals surface area (Å²) in [6.45, 7) is 1.65. The van der Waals surface area contributed by atoms with Gasteiger partial charge in [-0.15, -0.1) is 10.2 Å². The molecule has 8 heteroatoms. The number of rotatable bonds is 4. The second kappa shape index (κ2) is 6.33. The van der Waals surface area contributed by atoms with Gasteiger partial charge in [-0.1, -0.05) is 17.8 Å².